The van der Waals surface area contributed by atoms with Crippen LogP contribution in [0.25, 0.3) is 0 Å². The number of rotatable bonds is 1. The lowest BCUT2D eigenvalue weighted by Gasteiger charge is -2.28. The monoisotopic (exact) mass is 142 g/mol. The first-order valence-electron chi connectivity index (χ1n) is 3.57. The van der Waals surface area contributed by atoms with Gasteiger partial charge in [0.25, 0.3) is 0 Å². The molecule has 1 aliphatic heterocycles. The molecule has 2 nitrogen and oxygen atoms in total. The van der Waals surface area contributed by atoms with Crippen molar-refractivity contribution in [3.63, 3.8) is 0 Å². The van der Waals surface area contributed by atoms with Gasteiger partial charge in [0, 0.05) is 0 Å². The van der Waals surface area contributed by atoms with Gasteiger partial charge in [0.2, 0.25) is 0 Å². The fourth-order valence-electron chi connectivity index (χ4n) is 0.906. The summed E-state index contributed by atoms with van der Waals surface area (Å²) < 4.78 is 5.44. The van der Waals surface area contributed by atoms with Crippen molar-refractivity contribution in [1.82, 2.24) is 0 Å². The maximum absolute atomic E-state index is 8.71. The van der Waals surface area contributed by atoms with Gasteiger partial charge in [-0.05, 0) is 25.8 Å². The Labute approximate surface area is 61.5 Å². The molecule has 2 heteroatoms. The summed E-state index contributed by atoms with van der Waals surface area (Å²) >= 11 is 0. The Kier molecular flexibility index (Phi) is 2.11. The van der Waals surface area contributed by atoms with Crippen LogP contribution in [0.15, 0.2) is 11.6 Å². The normalized spacial score (nSPS) is 24.1. The SMILES string of the molecule is CC1(C)CC=C(CO)CO1. The summed E-state index contributed by atoms with van der Waals surface area (Å²) in [4.78, 5) is 0. The van der Waals surface area contributed by atoms with Crippen LogP contribution in [0, 0.1) is 0 Å². The number of aliphatic hydroxyl groups excluding tert-OH is 1. The van der Waals surface area contributed by atoms with Crippen molar-refractivity contribution in [1.29, 1.82) is 0 Å². The van der Waals surface area contributed by atoms with Gasteiger partial charge in [0.15, 0.2) is 0 Å². The van der Waals surface area contributed by atoms with E-state index in [-0.39, 0.29) is 12.2 Å². The summed E-state index contributed by atoms with van der Waals surface area (Å²) in [7, 11) is 0. The summed E-state index contributed by atoms with van der Waals surface area (Å²) in [6.45, 7) is 4.83. The van der Waals surface area contributed by atoms with Crippen LogP contribution in [0.1, 0.15) is 20.3 Å². The molecule has 10 heavy (non-hydrogen) atoms. The van der Waals surface area contributed by atoms with E-state index in [0.717, 1.165) is 12.0 Å². The van der Waals surface area contributed by atoms with Gasteiger partial charge in [-0.25, -0.2) is 0 Å². The molecule has 0 unspecified atom stereocenters. The molecule has 1 heterocycles. The lowest BCUT2D eigenvalue weighted by atomic mass is 10.0. The molecule has 1 N–H and O–H groups in total. The Morgan fingerprint density at radius 2 is 2.40 bits per heavy atom. The van der Waals surface area contributed by atoms with E-state index in [1.165, 1.54) is 0 Å². The fraction of sp³-hybridized carbons (Fsp3) is 0.750. The minimum atomic E-state index is -0.0291. The van der Waals surface area contributed by atoms with Crippen molar-refractivity contribution in [3.8, 4) is 0 Å². The molecule has 0 aromatic carbocycles. The van der Waals surface area contributed by atoms with Gasteiger partial charge in [-0.2, -0.15) is 0 Å². The van der Waals surface area contributed by atoms with Crippen LogP contribution in [0.4, 0.5) is 0 Å². The maximum atomic E-state index is 8.71. The second kappa shape index (κ2) is 2.72. The molecule has 58 valence electrons. The van der Waals surface area contributed by atoms with E-state index in [4.69, 9.17) is 9.84 Å². The highest BCUT2D eigenvalue weighted by Crippen LogP contribution is 2.21. The molecule has 0 saturated carbocycles. The quantitative estimate of drug-likeness (QED) is 0.555. The molecule has 0 saturated heterocycles. The lowest BCUT2D eigenvalue weighted by Crippen LogP contribution is -2.28. The van der Waals surface area contributed by atoms with Crippen molar-refractivity contribution in [2.75, 3.05) is 13.2 Å². The third-order valence-electron chi connectivity index (χ3n) is 1.73. The highest BCUT2D eigenvalue weighted by Gasteiger charge is 2.21. The average molecular weight is 142 g/mol. The van der Waals surface area contributed by atoms with E-state index in [1.807, 2.05) is 0 Å². The van der Waals surface area contributed by atoms with Gasteiger partial charge in [-0.15, -0.1) is 0 Å². The van der Waals surface area contributed by atoms with Crippen LogP contribution in [0.5, 0.6) is 0 Å². The molecule has 0 aromatic rings. The first-order valence-corrected chi connectivity index (χ1v) is 3.57. The van der Waals surface area contributed by atoms with Crippen molar-refractivity contribution in [3.05, 3.63) is 11.6 Å². The molecular formula is C8H14O2. The first kappa shape index (κ1) is 7.76. The molecule has 0 spiro atoms. The minimum absolute atomic E-state index is 0.0291. The van der Waals surface area contributed by atoms with E-state index < -0.39 is 0 Å². The van der Waals surface area contributed by atoms with E-state index >= 15 is 0 Å². The summed E-state index contributed by atoms with van der Waals surface area (Å²) in [5.41, 5.74) is 0.970. The second-order valence-electron chi connectivity index (χ2n) is 3.27. The van der Waals surface area contributed by atoms with Crippen molar-refractivity contribution in [2.24, 2.45) is 0 Å². The Balaban J connectivity index is 2.52. The maximum Gasteiger partial charge on any atom is 0.0706 e. The first-order chi connectivity index (χ1) is 4.64. The Morgan fingerprint density at radius 3 is 2.80 bits per heavy atom. The Hall–Kier alpha value is -0.340. The van der Waals surface area contributed by atoms with Gasteiger partial charge >= 0.3 is 0 Å². The third kappa shape index (κ3) is 1.82. The number of ether oxygens (including phenoxy) is 1. The standard InChI is InChI=1S/C8H14O2/c1-8(2)4-3-7(5-9)6-10-8/h3,9H,4-6H2,1-2H3. The van der Waals surface area contributed by atoms with E-state index in [2.05, 4.69) is 19.9 Å². The van der Waals surface area contributed by atoms with E-state index in [0.29, 0.717) is 6.61 Å². The van der Waals surface area contributed by atoms with Gasteiger partial charge in [-0.3, -0.25) is 0 Å². The molecule has 0 aliphatic carbocycles. The highest BCUT2D eigenvalue weighted by atomic mass is 16.5. The van der Waals surface area contributed by atoms with Crippen LogP contribution >= 0.6 is 0 Å². The average Bonchev–Trinajstić information content (AvgIpc) is 1.88. The fourth-order valence-corrected chi connectivity index (χ4v) is 0.906. The lowest BCUT2D eigenvalue weighted by molar-refractivity contribution is -0.0142. The summed E-state index contributed by atoms with van der Waals surface area (Å²) in [5, 5.41) is 8.71. The van der Waals surface area contributed by atoms with Crippen LogP contribution in [0.3, 0.4) is 0 Å². The topological polar surface area (TPSA) is 29.5 Å². The number of aliphatic hydroxyl groups is 1. The Morgan fingerprint density at radius 1 is 1.70 bits per heavy atom. The van der Waals surface area contributed by atoms with Crippen LogP contribution < -0.4 is 0 Å². The van der Waals surface area contributed by atoms with Gasteiger partial charge < -0.3 is 9.84 Å². The summed E-state index contributed by atoms with van der Waals surface area (Å²) in [6.07, 6.45) is 2.96. The molecule has 0 aromatic heterocycles. The molecule has 1 aliphatic rings. The van der Waals surface area contributed by atoms with Crippen molar-refractivity contribution >= 4 is 0 Å². The van der Waals surface area contributed by atoms with Gasteiger partial charge in [-0.1, -0.05) is 6.08 Å². The number of hydrogen-bond donors (Lipinski definition) is 1. The molecular weight excluding hydrogens is 128 g/mol. The zero-order chi connectivity index (χ0) is 7.61. The molecule has 0 amide bonds. The number of hydrogen-bond acceptors (Lipinski definition) is 2. The second-order valence-corrected chi connectivity index (χ2v) is 3.27. The summed E-state index contributed by atoms with van der Waals surface area (Å²) in [6, 6.07) is 0. The van der Waals surface area contributed by atoms with E-state index in [1.54, 1.807) is 0 Å². The molecule has 0 bridgehead atoms. The molecule has 0 atom stereocenters. The third-order valence-corrected chi connectivity index (χ3v) is 1.73. The Bertz CT molecular complexity index is 147. The smallest absolute Gasteiger partial charge is 0.0706 e. The van der Waals surface area contributed by atoms with E-state index in [9.17, 15) is 0 Å². The van der Waals surface area contributed by atoms with Gasteiger partial charge in [0.1, 0.15) is 0 Å². The van der Waals surface area contributed by atoms with Gasteiger partial charge in [0.05, 0.1) is 18.8 Å². The van der Waals surface area contributed by atoms with Crippen molar-refractivity contribution in [2.45, 2.75) is 25.9 Å². The minimum Gasteiger partial charge on any atom is -0.392 e. The highest BCUT2D eigenvalue weighted by molar-refractivity contribution is 5.08. The predicted molar refractivity (Wildman–Crippen MR) is 39.8 cm³/mol. The molecule has 0 fully saturated rings. The predicted octanol–water partition coefficient (Wildman–Crippen LogP) is 1.10. The van der Waals surface area contributed by atoms with Crippen LogP contribution in [-0.4, -0.2) is 23.9 Å². The zero-order valence-corrected chi connectivity index (χ0v) is 6.55. The molecule has 1 rings (SSSR count). The summed E-state index contributed by atoms with van der Waals surface area (Å²) in [5.74, 6) is 0. The largest absolute Gasteiger partial charge is 0.392 e. The van der Waals surface area contributed by atoms with Crippen molar-refractivity contribution < 1.29 is 9.84 Å². The zero-order valence-electron chi connectivity index (χ0n) is 6.55. The molecule has 0 radical (unpaired) electrons. The van der Waals surface area contributed by atoms with Crippen LogP contribution in [0.2, 0.25) is 0 Å². The van der Waals surface area contributed by atoms with Crippen LogP contribution in [-0.2, 0) is 4.74 Å².